The second-order valence-corrected chi connectivity index (χ2v) is 11.4. The monoisotopic (exact) mass is 542 g/mol. The average molecular weight is 543 g/mol. The van der Waals surface area contributed by atoms with Crippen molar-refractivity contribution in [1.29, 1.82) is 0 Å². The molecule has 0 bridgehead atoms. The van der Waals surface area contributed by atoms with E-state index in [4.69, 9.17) is 21.8 Å². The predicted octanol–water partition coefficient (Wildman–Crippen LogP) is 1.54. The van der Waals surface area contributed by atoms with Crippen molar-refractivity contribution in [2.75, 3.05) is 0 Å². The lowest BCUT2D eigenvalue weighted by molar-refractivity contribution is 0.572. The molecule has 3 N–H and O–H groups in total. The number of hydrogen-bond donors (Lipinski definition) is 2. The first-order chi connectivity index (χ1) is 17.5. The number of imidazole rings is 1. The molecule has 0 amide bonds. The van der Waals surface area contributed by atoms with Crippen LogP contribution >= 0.6 is 11.6 Å². The summed E-state index contributed by atoms with van der Waals surface area (Å²) >= 11 is 6.24. The van der Waals surface area contributed by atoms with Gasteiger partial charge in [-0.1, -0.05) is 11.6 Å². The highest BCUT2D eigenvalue weighted by molar-refractivity contribution is 7.89. The van der Waals surface area contributed by atoms with Crippen molar-refractivity contribution in [2.24, 2.45) is 25.2 Å². The van der Waals surface area contributed by atoms with E-state index >= 15 is 0 Å². The number of aryl methyl sites for hydroxylation is 1. The van der Waals surface area contributed by atoms with Crippen LogP contribution < -0.4 is 16.4 Å². The molecule has 0 aliphatic heterocycles. The Hall–Kier alpha value is -3.68. The first-order valence-electron chi connectivity index (χ1n) is 11.6. The van der Waals surface area contributed by atoms with Gasteiger partial charge in [-0.25, -0.2) is 23.3 Å². The van der Waals surface area contributed by atoms with Crippen molar-refractivity contribution in [3.05, 3.63) is 62.0 Å². The van der Waals surface area contributed by atoms with Gasteiger partial charge < -0.3 is 9.55 Å². The maximum Gasteiger partial charge on any atom is 0.332 e. The Morgan fingerprint density at radius 2 is 1.97 bits per heavy atom. The maximum absolute atomic E-state index is 13.5. The average Bonchev–Trinajstić information content (AvgIpc) is 3.27. The summed E-state index contributed by atoms with van der Waals surface area (Å²) in [4.78, 5) is 34.0. The van der Waals surface area contributed by atoms with E-state index in [0.717, 1.165) is 33.9 Å². The molecule has 0 unspecified atom stereocenters. The highest BCUT2D eigenvalue weighted by Gasteiger charge is 2.29. The molecule has 0 spiro atoms. The summed E-state index contributed by atoms with van der Waals surface area (Å²) in [5.41, 5.74) is 1.22. The minimum Gasteiger partial charge on any atom is -0.361 e. The molecule has 0 atom stereocenters. The van der Waals surface area contributed by atoms with E-state index in [1.54, 1.807) is 17.8 Å². The second kappa shape index (κ2) is 8.16. The minimum atomic E-state index is -4.11. The van der Waals surface area contributed by atoms with E-state index in [1.807, 2.05) is 18.3 Å². The van der Waals surface area contributed by atoms with Crippen LogP contribution in [0.2, 0.25) is 5.02 Å². The van der Waals surface area contributed by atoms with Gasteiger partial charge in [0.2, 0.25) is 0 Å². The lowest BCUT2D eigenvalue weighted by atomic mass is 10.1. The highest BCUT2D eigenvalue weighted by atomic mass is 35.5. The number of nitrogens with zero attached hydrogens (tertiary/aromatic N) is 6. The third-order valence-electron chi connectivity index (χ3n) is 6.77. The van der Waals surface area contributed by atoms with Crippen LogP contribution in [0.4, 0.5) is 0 Å². The van der Waals surface area contributed by atoms with Crippen molar-refractivity contribution in [3.63, 3.8) is 0 Å². The van der Waals surface area contributed by atoms with Crippen molar-refractivity contribution in [2.45, 2.75) is 31.0 Å². The Bertz CT molecular complexity index is 1960. The SMILES string of the molecule is Cn1cc(S(N)(=O)=O)nc1-c1c2c(=O)n(C)c(=O)n(CC3CC3)c2nn1Cc1c[nH]c2ccc(Cl)cc12. The van der Waals surface area contributed by atoms with Gasteiger partial charge in [0.05, 0.1) is 6.54 Å². The van der Waals surface area contributed by atoms with Gasteiger partial charge in [0, 0.05) is 49.0 Å². The Morgan fingerprint density at radius 1 is 1.22 bits per heavy atom. The van der Waals surface area contributed by atoms with Crippen molar-refractivity contribution >= 4 is 43.6 Å². The van der Waals surface area contributed by atoms with Gasteiger partial charge in [-0.15, -0.1) is 0 Å². The molecule has 37 heavy (non-hydrogen) atoms. The molecular formula is C23H23ClN8O4S. The Balaban J connectivity index is 1.67. The summed E-state index contributed by atoms with van der Waals surface area (Å²) < 4.78 is 29.7. The van der Waals surface area contributed by atoms with E-state index < -0.39 is 21.3 Å². The van der Waals surface area contributed by atoms with Gasteiger partial charge >= 0.3 is 5.69 Å². The summed E-state index contributed by atoms with van der Waals surface area (Å²) in [5.74, 6) is 0.517. The zero-order valence-corrected chi connectivity index (χ0v) is 21.5. The van der Waals surface area contributed by atoms with Crippen LogP contribution in [-0.4, -0.2) is 41.9 Å². The number of nitrogens with two attached hydrogens (primary N) is 1. The number of primary sulfonamides is 1. The largest absolute Gasteiger partial charge is 0.361 e. The summed E-state index contributed by atoms with van der Waals surface area (Å²) in [5, 5.41) is 11.3. The normalized spacial score (nSPS) is 14.3. The first kappa shape index (κ1) is 23.7. The molecule has 1 aliphatic carbocycles. The predicted molar refractivity (Wildman–Crippen MR) is 138 cm³/mol. The molecule has 0 radical (unpaired) electrons. The lowest BCUT2D eigenvalue weighted by Gasteiger charge is -2.08. The fourth-order valence-electron chi connectivity index (χ4n) is 4.67. The van der Waals surface area contributed by atoms with E-state index in [9.17, 15) is 18.0 Å². The van der Waals surface area contributed by atoms with E-state index in [1.165, 1.54) is 22.4 Å². The van der Waals surface area contributed by atoms with Gasteiger partial charge in [0.25, 0.3) is 15.6 Å². The molecule has 1 aromatic carbocycles. The fourth-order valence-corrected chi connectivity index (χ4v) is 5.36. The van der Waals surface area contributed by atoms with Crippen LogP contribution in [0.5, 0.6) is 0 Å². The number of nitrogens with one attached hydrogen (secondary N) is 1. The Kier molecular flexibility index (Phi) is 5.23. The third-order valence-corrected chi connectivity index (χ3v) is 7.79. The summed E-state index contributed by atoms with van der Waals surface area (Å²) in [7, 11) is -1.08. The molecule has 5 aromatic rings. The smallest absolute Gasteiger partial charge is 0.332 e. The molecular weight excluding hydrogens is 520 g/mol. The van der Waals surface area contributed by atoms with Gasteiger partial charge in [-0.05, 0) is 42.5 Å². The van der Waals surface area contributed by atoms with Crippen molar-refractivity contribution < 1.29 is 8.42 Å². The molecule has 1 aliphatic rings. The zero-order chi connectivity index (χ0) is 26.2. The summed E-state index contributed by atoms with van der Waals surface area (Å²) in [6.07, 6.45) is 5.10. The molecule has 4 heterocycles. The van der Waals surface area contributed by atoms with E-state index in [2.05, 4.69) is 9.97 Å². The van der Waals surface area contributed by atoms with Gasteiger partial charge in [-0.3, -0.25) is 18.6 Å². The molecule has 192 valence electrons. The number of aromatic amines is 1. The van der Waals surface area contributed by atoms with Gasteiger partial charge in [-0.2, -0.15) is 5.10 Å². The van der Waals surface area contributed by atoms with Crippen molar-refractivity contribution in [3.8, 4) is 11.5 Å². The number of sulfonamides is 1. The molecule has 14 heteroatoms. The first-order valence-corrected chi connectivity index (χ1v) is 13.5. The van der Waals surface area contributed by atoms with Crippen LogP contribution in [0.25, 0.3) is 33.5 Å². The maximum atomic E-state index is 13.5. The molecule has 1 saturated carbocycles. The summed E-state index contributed by atoms with van der Waals surface area (Å²) in [6, 6.07) is 5.47. The van der Waals surface area contributed by atoms with Crippen molar-refractivity contribution in [1.82, 2.24) is 33.4 Å². The second-order valence-electron chi connectivity index (χ2n) is 9.47. The fraction of sp³-hybridized carbons (Fsp3) is 0.304. The minimum absolute atomic E-state index is 0.176. The highest BCUT2D eigenvalue weighted by Crippen LogP contribution is 2.33. The van der Waals surface area contributed by atoms with Crippen LogP contribution in [0.1, 0.15) is 18.4 Å². The molecule has 4 aromatic heterocycles. The number of rotatable bonds is 6. The standard InChI is InChI=1S/C23H23ClN8O4S/c1-29-11-17(37(25,35)36)27-21(29)19-18-20(31(9-12-3-4-12)23(34)30(2)22(18)33)28-32(19)10-13-8-26-16-6-5-14(24)7-15(13)16/h5-8,11-12,26H,3-4,9-10H2,1-2H3,(H2,25,35,36). The number of hydrogen-bond acceptors (Lipinski definition) is 6. The van der Waals surface area contributed by atoms with E-state index in [-0.39, 0.29) is 34.1 Å². The Labute approximate surface area is 214 Å². The van der Waals surface area contributed by atoms with Crippen LogP contribution in [0, 0.1) is 5.92 Å². The van der Waals surface area contributed by atoms with Crippen LogP contribution in [0.15, 0.2) is 45.2 Å². The number of fused-ring (bicyclic) bond motifs is 2. The quantitative estimate of drug-likeness (QED) is 0.331. The van der Waals surface area contributed by atoms with Gasteiger partial charge in [0.15, 0.2) is 16.5 Å². The zero-order valence-electron chi connectivity index (χ0n) is 20.0. The molecule has 0 saturated heterocycles. The third kappa shape index (κ3) is 3.90. The van der Waals surface area contributed by atoms with Gasteiger partial charge in [0.1, 0.15) is 11.1 Å². The number of H-pyrrole nitrogens is 1. The Morgan fingerprint density at radius 3 is 2.65 bits per heavy atom. The molecule has 1 fully saturated rings. The summed E-state index contributed by atoms with van der Waals surface area (Å²) in [6.45, 7) is 0.633. The number of halogens is 1. The lowest BCUT2D eigenvalue weighted by Crippen LogP contribution is -2.38. The van der Waals surface area contributed by atoms with Crippen LogP contribution in [-0.2, 0) is 37.2 Å². The molecule has 6 rings (SSSR count). The van der Waals surface area contributed by atoms with E-state index in [0.29, 0.717) is 17.5 Å². The number of benzene rings is 1. The number of aromatic nitrogens is 7. The van der Waals surface area contributed by atoms with Crippen LogP contribution in [0.3, 0.4) is 0 Å². The topological polar surface area (TPSA) is 156 Å². The molecule has 12 nitrogen and oxygen atoms in total.